The highest BCUT2D eigenvalue weighted by Crippen LogP contribution is 2.10. The SMILES string of the molecule is Cc1ccc(C)c(C(=O)NCC(C)CCO)c1. The van der Waals surface area contributed by atoms with Crippen molar-refractivity contribution in [3.8, 4) is 0 Å². The Morgan fingerprint density at radius 2 is 2.12 bits per heavy atom. The lowest BCUT2D eigenvalue weighted by molar-refractivity contribution is 0.0944. The molecule has 0 saturated heterocycles. The number of aryl methyl sites for hydroxylation is 2. The number of hydrogen-bond donors (Lipinski definition) is 2. The summed E-state index contributed by atoms with van der Waals surface area (Å²) in [6.45, 7) is 6.70. The average Bonchev–Trinajstić information content (AvgIpc) is 2.29. The fraction of sp³-hybridized carbons (Fsp3) is 0.500. The molecule has 0 spiro atoms. The molecule has 1 aromatic rings. The Labute approximate surface area is 103 Å². The topological polar surface area (TPSA) is 49.3 Å². The number of aliphatic hydroxyl groups is 1. The predicted molar refractivity (Wildman–Crippen MR) is 69.1 cm³/mol. The molecule has 0 fully saturated rings. The molecule has 0 aliphatic rings. The minimum Gasteiger partial charge on any atom is -0.396 e. The van der Waals surface area contributed by atoms with E-state index >= 15 is 0 Å². The van der Waals surface area contributed by atoms with Gasteiger partial charge in [0.2, 0.25) is 0 Å². The molecule has 17 heavy (non-hydrogen) atoms. The van der Waals surface area contributed by atoms with E-state index < -0.39 is 0 Å². The van der Waals surface area contributed by atoms with Crippen LogP contribution in [0.2, 0.25) is 0 Å². The molecule has 0 aromatic heterocycles. The molecule has 2 N–H and O–H groups in total. The molecule has 1 rings (SSSR count). The van der Waals surface area contributed by atoms with E-state index in [1.807, 2.05) is 39.0 Å². The summed E-state index contributed by atoms with van der Waals surface area (Å²) in [5, 5.41) is 11.7. The van der Waals surface area contributed by atoms with Crippen LogP contribution in [0.3, 0.4) is 0 Å². The van der Waals surface area contributed by atoms with Crippen molar-refractivity contribution in [2.45, 2.75) is 27.2 Å². The van der Waals surface area contributed by atoms with Crippen LogP contribution in [0.5, 0.6) is 0 Å². The molecule has 1 amide bonds. The van der Waals surface area contributed by atoms with Gasteiger partial charge in [-0.2, -0.15) is 0 Å². The van der Waals surface area contributed by atoms with Gasteiger partial charge in [-0.1, -0.05) is 24.6 Å². The number of aliphatic hydroxyl groups excluding tert-OH is 1. The highest BCUT2D eigenvalue weighted by atomic mass is 16.3. The lowest BCUT2D eigenvalue weighted by Crippen LogP contribution is -2.29. The Morgan fingerprint density at radius 1 is 1.41 bits per heavy atom. The highest BCUT2D eigenvalue weighted by molar-refractivity contribution is 5.95. The maximum absolute atomic E-state index is 12.0. The number of hydrogen-bond acceptors (Lipinski definition) is 2. The molecule has 3 nitrogen and oxygen atoms in total. The van der Waals surface area contributed by atoms with Gasteiger partial charge in [-0.3, -0.25) is 4.79 Å². The monoisotopic (exact) mass is 235 g/mol. The van der Waals surface area contributed by atoms with Crippen LogP contribution >= 0.6 is 0 Å². The maximum atomic E-state index is 12.0. The van der Waals surface area contributed by atoms with Crippen molar-refractivity contribution in [1.29, 1.82) is 0 Å². The van der Waals surface area contributed by atoms with Gasteiger partial charge < -0.3 is 10.4 Å². The van der Waals surface area contributed by atoms with Crippen LogP contribution in [-0.2, 0) is 0 Å². The van der Waals surface area contributed by atoms with E-state index in [0.29, 0.717) is 18.9 Å². The van der Waals surface area contributed by atoms with E-state index in [9.17, 15) is 4.79 Å². The molecule has 0 bridgehead atoms. The van der Waals surface area contributed by atoms with Crippen LogP contribution in [-0.4, -0.2) is 24.2 Å². The molecule has 94 valence electrons. The maximum Gasteiger partial charge on any atom is 0.251 e. The molecule has 1 atom stereocenters. The summed E-state index contributed by atoms with van der Waals surface area (Å²) in [6, 6.07) is 5.86. The van der Waals surface area contributed by atoms with Crippen molar-refractivity contribution in [2.75, 3.05) is 13.2 Å². The Kier molecular flexibility index (Phi) is 5.16. The van der Waals surface area contributed by atoms with Gasteiger partial charge in [0.25, 0.3) is 5.91 Å². The standard InChI is InChI=1S/C14H21NO2/c1-10-4-5-12(3)13(8-10)14(17)15-9-11(2)6-7-16/h4-5,8,11,16H,6-7,9H2,1-3H3,(H,15,17). The van der Waals surface area contributed by atoms with E-state index in [-0.39, 0.29) is 12.5 Å². The predicted octanol–water partition coefficient (Wildman–Crippen LogP) is 2.05. The molecule has 3 heteroatoms. The van der Waals surface area contributed by atoms with Crippen molar-refractivity contribution in [2.24, 2.45) is 5.92 Å². The molecule has 0 aliphatic carbocycles. The lowest BCUT2D eigenvalue weighted by atomic mass is 10.0. The zero-order chi connectivity index (χ0) is 12.8. The molecule has 1 unspecified atom stereocenters. The summed E-state index contributed by atoms with van der Waals surface area (Å²) in [7, 11) is 0. The van der Waals surface area contributed by atoms with Crippen molar-refractivity contribution >= 4 is 5.91 Å². The zero-order valence-electron chi connectivity index (χ0n) is 10.8. The number of amides is 1. The summed E-state index contributed by atoms with van der Waals surface area (Å²) < 4.78 is 0. The molecular formula is C14H21NO2. The van der Waals surface area contributed by atoms with Gasteiger partial charge in [-0.15, -0.1) is 0 Å². The third-order valence-electron chi connectivity index (χ3n) is 2.87. The van der Waals surface area contributed by atoms with Gasteiger partial charge in [-0.25, -0.2) is 0 Å². The fourth-order valence-corrected chi connectivity index (χ4v) is 1.67. The second-order valence-electron chi connectivity index (χ2n) is 4.65. The summed E-state index contributed by atoms with van der Waals surface area (Å²) in [5.74, 6) is 0.269. The van der Waals surface area contributed by atoms with Crippen LogP contribution in [0.15, 0.2) is 18.2 Å². The van der Waals surface area contributed by atoms with E-state index in [1.165, 1.54) is 0 Å². The number of nitrogens with one attached hydrogen (secondary N) is 1. The van der Waals surface area contributed by atoms with Crippen LogP contribution in [0, 0.1) is 19.8 Å². The quantitative estimate of drug-likeness (QED) is 0.820. The molecule has 0 heterocycles. The van der Waals surface area contributed by atoms with Crippen LogP contribution in [0.1, 0.15) is 34.8 Å². The zero-order valence-corrected chi connectivity index (χ0v) is 10.8. The third kappa shape index (κ3) is 4.19. The van der Waals surface area contributed by atoms with Crippen molar-refractivity contribution in [3.05, 3.63) is 34.9 Å². The van der Waals surface area contributed by atoms with Crippen LogP contribution in [0.4, 0.5) is 0 Å². The Morgan fingerprint density at radius 3 is 2.76 bits per heavy atom. The second-order valence-corrected chi connectivity index (χ2v) is 4.65. The number of carbonyl (C=O) groups is 1. The van der Waals surface area contributed by atoms with Gasteiger partial charge in [0.1, 0.15) is 0 Å². The van der Waals surface area contributed by atoms with E-state index in [1.54, 1.807) is 0 Å². The summed E-state index contributed by atoms with van der Waals surface area (Å²) in [5.41, 5.74) is 2.81. The third-order valence-corrected chi connectivity index (χ3v) is 2.87. The summed E-state index contributed by atoms with van der Waals surface area (Å²) in [6.07, 6.45) is 0.715. The minimum atomic E-state index is -0.0315. The minimum absolute atomic E-state index is 0.0315. The van der Waals surface area contributed by atoms with E-state index in [4.69, 9.17) is 5.11 Å². The Hall–Kier alpha value is -1.35. The lowest BCUT2D eigenvalue weighted by Gasteiger charge is -2.12. The average molecular weight is 235 g/mol. The fourth-order valence-electron chi connectivity index (χ4n) is 1.67. The molecule has 1 aromatic carbocycles. The first-order valence-electron chi connectivity index (χ1n) is 6.01. The van der Waals surface area contributed by atoms with Crippen molar-refractivity contribution in [1.82, 2.24) is 5.32 Å². The van der Waals surface area contributed by atoms with Crippen LogP contribution < -0.4 is 5.32 Å². The van der Waals surface area contributed by atoms with Crippen molar-refractivity contribution in [3.63, 3.8) is 0 Å². The summed E-state index contributed by atoms with van der Waals surface area (Å²) >= 11 is 0. The largest absolute Gasteiger partial charge is 0.396 e. The first-order chi connectivity index (χ1) is 8.04. The van der Waals surface area contributed by atoms with E-state index in [2.05, 4.69) is 5.32 Å². The van der Waals surface area contributed by atoms with Gasteiger partial charge >= 0.3 is 0 Å². The first kappa shape index (κ1) is 13.7. The molecular weight excluding hydrogens is 214 g/mol. The number of carbonyl (C=O) groups excluding carboxylic acids is 1. The Bertz CT molecular complexity index is 388. The van der Waals surface area contributed by atoms with Crippen LogP contribution in [0.25, 0.3) is 0 Å². The van der Waals surface area contributed by atoms with Gasteiger partial charge in [-0.05, 0) is 37.8 Å². The first-order valence-corrected chi connectivity index (χ1v) is 6.01. The Balaban J connectivity index is 2.61. The molecule has 0 saturated carbocycles. The van der Waals surface area contributed by atoms with Gasteiger partial charge in [0.15, 0.2) is 0 Å². The number of benzene rings is 1. The summed E-state index contributed by atoms with van der Waals surface area (Å²) in [4.78, 5) is 12.0. The second kappa shape index (κ2) is 6.40. The van der Waals surface area contributed by atoms with Gasteiger partial charge in [0, 0.05) is 18.7 Å². The normalized spacial score (nSPS) is 12.2. The highest BCUT2D eigenvalue weighted by Gasteiger charge is 2.10. The smallest absolute Gasteiger partial charge is 0.251 e. The molecule has 0 aliphatic heterocycles. The van der Waals surface area contributed by atoms with Gasteiger partial charge in [0.05, 0.1) is 0 Å². The van der Waals surface area contributed by atoms with E-state index in [0.717, 1.165) is 16.7 Å². The van der Waals surface area contributed by atoms with Crippen molar-refractivity contribution < 1.29 is 9.90 Å². The number of rotatable bonds is 5. The molecule has 0 radical (unpaired) electrons.